The van der Waals surface area contributed by atoms with Gasteiger partial charge >= 0.3 is 12.6 Å². The molecule has 0 radical (unpaired) electrons. The van der Waals surface area contributed by atoms with Gasteiger partial charge in [0.2, 0.25) is 0 Å². The van der Waals surface area contributed by atoms with Crippen LogP contribution in [0.5, 0.6) is 5.75 Å². The number of hydrogen-bond acceptors (Lipinski definition) is 2. The van der Waals surface area contributed by atoms with Gasteiger partial charge in [0.05, 0.1) is 6.42 Å². The molecule has 0 saturated carbocycles. The lowest BCUT2D eigenvalue weighted by Gasteiger charge is -2.11. The summed E-state index contributed by atoms with van der Waals surface area (Å²) in [7, 11) is 0. The number of carboxylic acid groups (broad SMARTS) is 1. The number of rotatable bonds is 4. The lowest BCUT2D eigenvalue weighted by atomic mass is 10.0. The molecule has 0 amide bonds. The van der Waals surface area contributed by atoms with Gasteiger partial charge in [-0.1, -0.05) is 0 Å². The van der Waals surface area contributed by atoms with Crippen LogP contribution in [0.15, 0.2) is 12.1 Å². The maximum atomic E-state index is 13.0. The molecule has 16 heavy (non-hydrogen) atoms. The first-order valence-corrected chi connectivity index (χ1v) is 4.35. The Morgan fingerprint density at radius 3 is 2.62 bits per heavy atom. The average molecular weight is 234 g/mol. The number of aliphatic carboxylic acids is 1. The van der Waals surface area contributed by atoms with Crippen molar-refractivity contribution in [2.24, 2.45) is 0 Å². The van der Waals surface area contributed by atoms with E-state index in [0.29, 0.717) is 0 Å². The predicted octanol–water partition coefficient (Wildman–Crippen LogP) is 2.36. The monoisotopic (exact) mass is 234 g/mol. The van der Waals surface area contributed by atoms with Gasteiger partial charge in [0.15, 0.2) is 0 Å². The van der Waals surface area contributed by atoms with Crippen molar-refractivity contribution in [3.05, 3.63) is 29.1 Å². The van der Waals surface area contributed by atoms with Crippen LogP contribution in [-0.2, 0) is 11.2 Å². The van der Waals surface area contributed by atoms with E-state index in [2.05, 4.69) is 4.74 Å². The molecule has 0 aliphatic carbocycles. The van der Waals surface area contributed by atoms with Crippen LogP contribution in [0.1, 0.15) is 11.1 Å². The molecule has 0 aliphatic heterocycles. The molecular weight excluding hydrogens is 225 g/mol. The van der Waals surface area contributed by atoms with Gasteiger partial charge in [-0.2, -0.15) is 8.78 Å². The molecule has 0 aliphatic rings. The quantitative estimate of drug-likeness (QED) is 0.869. The Morgan fingerprint density at radius 2 is 2.12 bits per heavy atom. The number of hydrogen-bond donors (Lipinski definition) is 1. The second-order valence-corrected chi connectivity index (χ2v) is 3.14. The van der Waals surface area contributed by atoms with Crippen molar-refractivity contribution >= 4 is 5.97 Å². The first-order chi connectivity index (χ1) is 7.40. The van der Waals surface area contributed by atoms with Crippen molar-refractivity contribution in [2.75, 3.05) is 0 Å². The summed E-state index contributed by atoms with van der Waals surface area (Å²) in [5.41, 5.74) is 0.312. The molecule has 0 aromatic heterocycles. The van der Waals surface area contributed by atoms with E-state index < -0.39 is 24.8 Å². The first kappa shape index (κ1) is 12.4. The Labute approximate surface area is 89.5 Å². The zero-order valence-electron chi connectivity index (χ0n) is 8.34. The van der Waals surface area contributed by atoms with Gasteiger partial charge in [-0.3, -0.25) is 4.79 Å². The molecule has 1 N–H and O–H groups in total. The lowest BCUT2D eigenvalue weighted by molar-refractivity contribution is -0.136. The van der Waals surface area contributed by atoms with Crippen LogP contribution in [0.25, 0.3) is 0 Å². The smallest absolute Gasteiger partial charge is 0.387 e. The van der Waals surface area contributed by atoms with E-state index in [1.807, 2.05) is 0 Å². The minimum Gasteiger partial charge on any atom is -0.481 e. The number of carbonyl (C=O) groups is 1. The van der Waals surface area contributed by atoms with E-state index >= 15 is 0 Å². The summed E-state index contributed by atoms with van der Waals surface area (Å²) in [6.45, 7) is -1.67. The molecule has 0 spiro atoms. The molecule has 1 rings (SSSR count). The minimum atomic E-state index is -3.07. The highest BCUT2D eigenvalue weighted by Gasteiger charge is 2.14. The molecule has 0 fully saturated rings. The molecule has 88 valence electrons. The molecule has 0 bridgehead atoms. The molecule has 1 aromatic rings. The van der Waals surface area contributed by atoms with E-state index in [0.717, 1.165) is 12.1 Å². The number of carboxylic acids is 1. The largest absolute Gasteiger partial charge is 0.481 e. The van der Waals surface area contributed by atoms with Crippen molar-refractivity contribution in [2.45, 2.75) is 20.0 Å². The maximum Gasteiger partial charge on any atom is 0.387 e. The van der Waals surface area contributed by atoms with Crippen LogP contribution >= 0.6 is 0 Å². The van der Waals surface area contributed by atoms with Crippen molar-refractivity contribution in [1.29, 1.82) is 0 Å². The molecular formula is C10H9F3O3. The van der Waals surface area contributed by atoms with Crippen LogP contribution in [0.4, 0.5) is 13.2 Å². The zero-order valence-corrected chi connectivity index (χ0v) is 8.34. The Morgan fingerprint density at radius 1 is 1.50 bits per heavy atom. The number of alkyl halides is 2. The number of ether oxygens (including phenoxy) is 1. The second-order valence-electron chi connectivity index (χ2n) is 3.14. The van der Waals surface area contributed by atoms with Crippen molar-refractivity contribution < 1.29 is 27.8 Å². The van der Waals surface area contributed by atoms with Gasteiger partial charge in [0.25, 0.3) is 0 Å². The Bertz CT molecular complexity index is 405. The number of benzene rings is 1. The Hall–Kier alpha value is -1.72. The van der Waals surface area contributed by atoms with Gasteiger partial charge < -0.3 is 9.84 Å². The van der Waals surface area contributed by atoms with Gasteiger partial charge in [-0.25, -0.2) is 4.39 Å². The van der Waals surface area contributed by atoms with E-state index in [1.165, 1.54) is 6.92 Å². The highest BCUT2D eigenvalue weighted by molar-refractivity contribution is 5.71. The van der Waals surface area contributed by atoms with E-state index in [4.69, 9.17) is 5.11 Å². The lowest BCUT2D eigenvalue weighted by Crippen LogP contribution is -2.08. The summed E-state index contributed by atoms with van der Waals surface area (Å²) < 4.78 is 41.0. The summed E-state index contributed by atoms with van der Waals surface area (Å²) in [6.07, 6.45) is -0.441. The molecule has 0 heterocycles. The SMILES string of the molecule is Cc1c(CC(=O)O)cc(F)cc1OC(F)F. The molecule has 1 aromatic carbocycles. The topological polar surface area (TPSA) is 46.5 Å². The molecule has 0 atom stereocenters. The Kier molecular flexibility index (Phi) is 3.76. The van der Waals surface area contributed by atoms with E-state index in [9.17, 15) is 18.0 Å². The standard InChI is InChI=1S/C10H9F3O3/c1-5-6(3-9(14)15)2-7(11)4-8(5)16-10(12)13/h2,4,10H,3H2,1H3,(H,14,15). The number of halogens is 3. The molecule has 0 unspecified atom stereocenters. The van der Waals surface area contributed by atoms with Crippen molar-refractivity contribution in [3.8, 4) is 5.75 Å². The fraction of sp³-hybridized carbons (Fsp3) is 0.300. The molecule has 3 nitrogen and oxygen atoms in total. The third-order valence-corrected chi connectivity index (χ3v) is 1.99. The third kappa shape index (κ3) is 3.15. The fourth-order valence-electron chi connectivity index (χ4n) is 1.27. The first-order valence-electron chi connectivity index (χ1n) is 4.35. The highest BCUT2D eigenvalue weighted by Crippen LogP contribution is 2.25. The summed E-state index contributed by atoms with van der Waals surface area (Å²) in [5, 5.41) is 8.54. The van der Waals surface area contributed by atoms with Gasteiger partial charge in [0.1, 0.15) is 11.6 Å². The van der Waals surface area contributed by atoms with Crippen molar-refractivity contribution in [3.63, 3.8) is 0 Å². The van der Waals surface area contributed by atoms with Gasteiger partial charge in [-0.15, -0.1) is 0 Å². The third-order valence-electron chi connectivity index (χ3n) is 1.99. The fourth-order valence-corrected chi connectivity index (χ4v) is 1.27. The second kappa shape index (κ2) is 4.87. The normalized spacial score (nSPS) is 10.6. The van der Waals surface area contributed by atoms with Crippen LogP contribution in [0, 0.1) is 12.7 Å². The van der Waals surface area contributed by atoms with Crippen LogP contribution in [0.3, 0.4) is 0 Å². The van der Waals surface area contributed by atoms with Crippen LogP contribution in [0.2, 0.25) is 0 Å². The zero-order chi connectivity index (χ0) is 12.3. The maximum absolute atomic E-state index is 13.0. The van der Waals surface area contributed by atoms with Gasteiger partial charge in [0, 0.05) is 6.07 Å². The average Bonchev–Trinajstić information content (AvgIpc) is 2.11. The summed E-state index contributed by atoms with van der Waals surface area (Å²) in [6, 6.07) is 1.79. The summed E-state index contributed by atoms with van der Waals surface area (Å²) in [4.78, 5) is 10.5. The minimum absolute atomic E-state index is 0.114. The molecule has 0 saturated heterocycles. The van der Waals surface area contributed by atoms with Gasteiger partial charge in [-0.05, 0) is 24.1 Å². The van der Waals surface area contributed by atoms with E-state index in [-0.39, 0.29) is 16.9 Å². The highest BCUT2D eigenvalue weighted by atomic mass is 19.3. The van der Waals surface area contributed by atoms with Crippen molar-refractivity contribution in [1.82, 2.24) is 0 Å². The molecule has 6 heteroatoms. The summed E-state index contributed by atoms with van der Waals surface area (Å²) in [5.74, 6) is -2.32. The van der Waals surface area contributed by atoms with E-state index in [1.54, 1.807) is 0 Å². The Balaban J connectivity index is 3.10. The van der Waals surface area contributed by atoms with Crippen LogP contribution in [-0.4, -0.2) is 17.7 Å². The predicted molar refractivity (Wildman–Crippen MR) is 49.1 cm³/mol. The van der Waals surface area contributed by atoms with Crippen LogP contribution < -0.4 is 4.74 Å². The summed E-state index contributed by atoms with van der Waals surface area (Å²) >= 11 is 0.